The summed E-state index contributed by atoms with van der Waals surface area (Å²) >= 11 is 4.93. The summed E-state index contributed by atoms with van der Waals surface area (Å²) in [6.45, 7) is 2.79. The maximum atomic E-state index is 12.8. The molecule has 0 unspecified atom stereocenters. The van der Waals surface area contributed by atoms with Gasteiger partial charge in [-0.25, -0.2) is 14.4 Å². The number of benzene rings is 1. The number of rotatable bonds is 4. The number of halogens is 2. The molecule has 18 heavy (non-hydrogen) atoms. The molecule has 3 nitrogen and oxygen atoms in total. The fourth-order valence-electron chi connectivity index (χ4n) is 1.33. The molecule has 0 aliphatic heterocycles. The summed E-state index contributed by atoms with van der Waals surface area (Å²) in [5.41, 5.74) is 0. The Bertz CT molecular complexity index is 533. The SMILES string of the molecule is CCNc1ncnc(Sc2ccc(F)cc2)c1Br. The second-order valence-electron chi connectivity index (χ2n) is 3.43. The van der Waals surface area contributed by atoms with Crippen LogP contribution in [0.15, 0.2) is 45.0 Å². The average Bonchev–Trinajstić information content (AvgIpc) is 2.37. The van der Waals surface area contributed by atoms with E-state index in [1.165, 1.54) is 30.2 Å². The van der Waals surface area contributed by atoms with Crippen molar-refractivity contribution in [3.05, 3.63) is 40.9 Å². The highest BCUT2D eigenvalue weighted by atomic mass is 79.9. The molecule has 0 aliphatic rings. The monoisotopic (exact) mass is 327 g/mol. The van der Waals surface area contributed by atoms with Crippen LogP contribution in [0.1, 0.15) is 6.92 Å². The Balaban J connectivity index is 2.23. The molecule has 6 heteroatoms. The highest BCUT2D eigenvalue weighted by molar-refractivity contribution is 9.10. The highest BCUT2D eigenvalue weighted by Gasteiger charge is 2.09. The highest BCUT2D eigenvalue weighted by Crippen LogP contribution is 2.34. The lowest BCUT2D eigenvalue weighted by Gasteiger charge is -2.08. The normalized spacial score (nSPS) is 10.4. The minimum Gasteiger partial charge on any atom is -0.369 e. The van der Waals surface area contributed by atoms with Crippen LogP contribution in [0.3, 0.4) is 0 Å². The lowest BCUT2D eigenvalue weighted by atomic mass is 10.4. The lowest BCUT2D eigenvalue weighted by Crippen LogP contribution is -2.01. The Morgan fingerprint density at radius 2 is 2.00 bits per heavy atom. The number of nitrogens with zero attached hydrogens (tertiary/aromatic N) is 2. The van der Waals surface area contributed by atoms with E-state index in [0.29, 0.717) is 0 Å². The third kappa shape index (κ3) is 3.20. The summed E-state index contributed by atoms with van der Waals surface area (Å²) in [5.74, 6) is 0.520. The first kappa shape index (κ1) is 13.3. The lowest BCUT2D eigenvalue weighted by molar-refractivity contribution is 0.626. The minimum absolute atomic E-state index is 0.241. The summed E-state index contributed by atoms with van der Waals surface area (Å²) in [7, 11) is 0. The summed E-state index contributed by atoms with van der Waals surface area (Å²) < 4.78 is 13.6. The van der Waals surface area contributed by atoms with Crippen LogP contribution in [0, 0.1) is 5.82 Å². The third-order valence-corrected chi connectivity index (χ3v) is 4.15. The summed E-state index contributed by atoms with van der Waals surface area (Å²) in [4.78, 5) is 9.28. The maximum absolute atomic E-state index is 12.8. The summed E-state index contributed by atoms with van der Waals surface area (Å²) in [6.07, 6.45) is 1.51. The van der Waals surface area contributed by atoms with Gasteiger partial charge in [0.2, 0.25) is 0 Å². The van der Waals surface area contributed by atoms with Crippen molar-refractivity contribution in [3.8, 4) is 0 Å². The number of aromatic nitrogens is 2. The molecule has 1 N–H and O–H groups in total. The van der Waals surface area contributed by atoms with Gasteiger partial charge in [-0.1, -0.05) is 11.8 Å². The van der Waals surface area contributed by atoms with Crippen molar-refractivity contribution in [2.45, 2.75) is 16.8 Å². The zero-order chi connectivity index (χ0) is 13.0. The van der Waals surface area contributed by atoms with Crippen molar-refractivity contribution < 1.29 is 4.39 Å². The zero-order valence-corrected chi connectivity index (χ0v) is 12.1. The number of hydrogen-bond acceptors (Lipinski definition) is 4. The number of hydrogen-bond donors (Lipinski definition) is 1. The van der Waals surface area contributed by atoms with Crippen molar-refractivity contribution in [3.63, 3.8) is 0 Å². The smallest absolute Gasteiger partial charge is 0.144 e. The van der Waals surface area contributed by atoms with Crippen molar-refractivity contribution in [2.75, 3.05) is 11.9 Å². The molecule has 1 aromatic heterocycles. The number of anilines is 1. The fourth-order valence-corrected chi connectivity index (χ4v) is 2.70. The van der Waals surface area contributed by atoms with E-state index in [1.807, 2.05) is 6.92 Å². The van der Waals surface area contributed by atoms with Gasteiger partial charge in [-0.05, 0) is 47.1 Å². The van der Waals surface area contributed by atoms with Crippen molar-refractivity contribution >= 4 is 33.5 Å². The summed E-state index contributed by atoms with van der Waals surface area (Å²) in [6, 6.07) is 6.31. The maximum Gasteiger partial charge on any atom is 0.144 e. The van der Waals surface area contributed by atoms with E-state index >= 15 is 0 Å². The first-order chi connectivity index (χ1) is 8.70. The zero-order valence-electron chi connectivity index (χ0n) is 9.65. The fraction of sp³-hybridized carbons (Fsp3) is 0.167. The Morgan fingerprint density at radius 1 is 1.28 bits per heavy atom. The molecule has 0 saturated carbocycles. The average molecular weight is 328 g/mol. The molecule has 0 bridgehead atoms. The second-order valence-corrected chi connectivity index (χ2v) is 5.28. The van der Waals surface area contributed by atoms with Crippen LogP contribution in [-0.2, 0) is 0 Å². The summed E-state index contributed by atoms with van der Waals surface area (Å²) in [5, 5.41) is 3.94. The largest absolute Gasteiger partial charge is 0.369 e. The predicted molar refractivity (Wildman–Crippen MR) is 74.4 cm³/mol. The Labute approximate surface area is 117 Å². The van der Waals surface area contributed by atoms with Gasteiger partial charge in [-0.2, -0.15) is 0 Å². The molecule has 0 spiro atoms. The van der Waals surface area contributed by atoms with Crippen LogP contribution in [0.25, 0.3) is 0 Å². The molecule has 0 aliphatic carbocycles. The molecule has 0 fully saturated rings. The third-order valence-electron chi connectivity index (χ3n) is 2.13. The van der Waals surface area contributed by atoms with E-state index in [0.717, 1.165) is 26.8 Å². The van der Waals surface area contributed by atoms with Gasteiger partial charge >= 0.3 is 0 Å². The molecular weight excluding hydrogens is 317 g/mol. The van der Waals surface area contributed by atoms with Crippen LogP contribution < -0.4 is 5.32 Å². The van der Waals surface area contributed by atoms with E-state index < -0.39 is 0 Å². The standard InChI is InChI=1S/C12H11BrFN3S/c1-2-15-11-10(13)12(17-7-16-11)18-9-5-3-8(14)4-6-9/h3-7H,2H2,1H3,(H,15,16,17). The Kier molecular flexibility index (Phi) is 4.54. The molecule has 0 atom stereocenters. The van der Waals surface area contributed by atoms with Crippen LogP contribution in [0.5, 0.6) is 0 Å². The van der Waals surface area contributed by atoms with E-state index in [-0.39, 0.29) is 5.82 Å². The van der Waals surface area contributed by atoms with Crippen molar-refractivity contribution in [1.29, 1.82) is 0 Å². The van der Waals surface area contributed by atoms with E-state index in [2.05, 4.69) is 31.2 Å². The molecule has 0 radical (unpaired) electrons. The topological polar surface area (TPSA) is 37.8 Å². The molecule has 2 rings (SSSR count). The van der Waals surface area contributed by atoms with Crippen LogP contribution in [0.4, 0.5) is 10.2 Å². The predicted octanol–water partition coefficient (Wildman–Crippen LogP) is 3.96. The van der Waals surface area contributed by atoms with Crippen LogP contribution >= 0.6 is 27.7 Å². The van der Waals surface area contributed by atoms with Gasteiger partial charge in [0.25, 0.3) is 0 Å². The molecule has 0 amide bonds. The number of nitrogens with one attached hydrogen (secondary N) is 1. The Morgan fingerprint density at radius 3 is 2.67 bits per heavy atom. The van der Waals surface area contributed by atoms with E-state index in [1.54, 1.807) is 12.1 Å². The van der Waals surface area contributed by atoms with Gasteiger partial charge in [-0.15, -0.1) is 0 Å². The second kappa shape index (κ2) is 6.15. The van der Waals surface area contributed by atoms with Gasteiger partial charge < -0.3 is 5.32 Å². The van der Waals surface area contributed by atoms with Gasteiger partial charge in [0.1, 0.15) is 23.0 Å². The van der Waals surface area contributed by atoms with Gasteiger partial charge in [0.05, 0.1) is 4.47 Å². The van der Waals surface area contributed by atoms with Crippen molar-refractivity contribution in [2.24, 2.45) is 0 Å². The molecule has 94 valence electrons. The molecule has 2 aromatic rings. The van der Waals surface area contributed by atoms with E-state index in [4.69, 9.17) is 0 Å². The van der Waals surface area contributed by atoms with Crippen LogP contribution in [-0.4, -0.2) is 16.5 Å². The quantitative estimate of drug-likeness (QED) is 0.862. The van der Waals surface area contributed by atoms with Crippen molar-refractivity contribution in [1.82, 2.24) is 9.97 Å². The van der Waals surface area contributed by atoms with Gasteiger partial charge in [0, 0.05) is 11.4 Å². The molecule has 0 saturated heterocycles. The first-order valence-corrected chi connectivity index (χ1v) is 6.99. The van der Waals surface area contributed by atoms with Gasteiger partial charge in [0.15, 0.2) is 0 Å². The molecule has 1 aromatic carbocycles. The minimum atomic E-state index is -0.241. The van der Waals surface area contributed by atoms with E-state index in [9.17, 15) is 4.39 Å². The van der Waals surface area contributed by atoms with Crippen LogP contribution in [0.2, 0.25) is 0 Å². The molecule has 1 heterocycles. The Hall–Kier alpha value is -1.14. The molecular formula is C12H11BrFN3S. The van der Waals surface area contributed by atoms with Gasteiger partial charge in [-0.3, -0.25) is 0 Å². The first-order valence-electron chi connectivity index (χ1n) is 5.38.